The van der Waals surface area contributed by atoms with Crippen LogP contribution in [0.4, 0.5) is 17.1 Å². The van der Waals surface area contributed by atoms with Gasteiger partial charge in [0.05, 0.1) is 32.5 Å². The van der Waals surface area contributed by atoms with Crippen LogP contribution in [-0.4, -0.2) is 0 Å². The number of anilines is 3. The molecule has 0 saturated carbocycles. The summed E-state index contributed by atoms with van der Waals surface area (Å²) in [5.74, 6) is 0. The lowest BCUT2D eigenvalue weighted by Gasteiger charge is -2.42. The summed E-state index contributed by atoms with van der Waals surface area (Å²) in [6.07, 6.45) is 0. The molecule has 0 amide bonds. The highest BCUT2D eigenvalue weighted by molar-refractivity contribution is 7.26. The first-order chi connectivity index (χ1) is 18.5. The fraction of sp³-hybridized carbons (Fsp3) is 0.0882. The molecule has 0 radical (unpaired) electrons. The number of thiophene rings is 1. The van der Waals surface area contributed by atoms with Crippen LogP contribution in [0.15, 0.2) is 112 Å². The van der Waals surface area contributed by atoms with E-state index in [-0.39, 0.29) is 10.8 Å². The van der Waals surface area contributed by atoms with Gasteiger partial charge in [-0.2, -0.15) is 0 Å². The predicted octanol–water partition coefficient (Wildman–Crippen LogP) is 9.42. The number of fused-ring (bicyclic) bond motifs is 7. The van der Waals surface area contributed by atoms with Crippen LogP contribution in [0.2, 0.25) is 0 Å². The summed E-state index contributed by atoms with van der Waals surface area (Å²) in [6, 6.07) is 35.5. The molecule has 0 N–H and O–H groups in total. The average molecular weight is 510 g/mol. The number of rotatable bonds is 1. The summed E-state index contributed by atoms with van der Waals surface area (Å²) in [5.41, 5.74) is 7.33. The van der Waals surface area contributed by atoms with E-state index in [1.54, 1.807) is 11.3 Å². The van der Waals surface area contributed by atoms with E-state index in [1.807, 2.05) is 36.4 Å². The minimum absolute atomic E-state index is 0.0162. The Kier molecular flexibility index (Phi) is 4.31. The molecule has 8 rings (SSSR count). The normalized spacial score (nSPS) is 14.3. The highest BCUT2D eigenvalue weighted by Gasteiger charge is 2.37. The molecular weight excluding hydrogens is 486 g/mol. The van der Waals surface area contributed by atoms with Crippen molar-refractivity contribution in [2.45, 2.75) is 19.3 Å². The van der Waals surface area contributed by atoms with E-state index in [0.29, 0.717) is 21.9 Å². The molecule has 1 aliphatic heterocycles. The minimum atomic E-state index is -0.108. The third-order valence-corrected chi connectivity index (χ3v) is 9.24. The second-order valence-electron chi connectivity index (χ2n) is 10.5. The van der Waals surface area contributed by atoms with Gasteiger partial charge in [0.2, 0.25) is 5.43 Å². The zero-order valence-corrected chi connectivity index (χ0v) is 21.8. The molecule has 5 aromatic carbocycles. The lowest BCUT2D eigenvalue weighted by molar-refractivity contribution is 0.632. The Morgan fingerprint density at radius 3 is 2.03 bits per heavy atom. The topological polar surface area (TPSA) is 33.5 Å². The molecule has 3 heterocycles. The zero-order valence-electron chi connectivity index (χ0n) is 21.0. The van der Waals surface area contributed by atoms with Crippen molar-refractivity contribution < 1.29 is 4.42 Å². The number of benzene rings is 5. The van der Waals surface area contributed by atoms with Gasteiger partial charge in [0, 0.05) is 20.9 Å². The van der Waals surface area contributed by atoms with E-state index in [1.165, 1.54) is 32.6 Å². The number of nitrogens with zero attached hydrogens (tertiary/aromatic N) is 1. The van der Waals surface area contributed by atoms with Gasteiger partial charge in [0.15, 0.2) is 0 Å². The Morgan fingerprint density at radius 1 is 0.632 bits per heavy atom. The highest BCUT2D eigenvalue weighted by atomic mass is 32.1. The summed E-state index contributed by atoms with van der Waals surface area (Å²) < 4.78 is 8.49. The van der Waals surface area contributed by atoms with Crippen molar-refractivity contribution in [1.29, 1.82) is 0 Å². The van der Waals surface area contributed by atoms with E-state index >= 15 is 0 Å². The van der Waals surface area contributed by atoms with Gasteiger partial charge in [-0.15, -0.1) is 11.3 Å². The van der Waals surface area contributed by atoms with Crippen LogP contribution in [0.1, 0.15) is 25.0 Å². The van der Waals surface area contributed by atoms with Crippen LogP contribution >= 0.6 is 11.3 Å². The van der Waals surface area contributed by atoms with Crippen molar-refractivity contribution in [2.24, 2.45) is 0 Å². The molecule has 1 aliphatic rings. The standard InChI is InChI=1S/C34H23NO2S/c1-34(2)24-12-4-6-14-26(24)35(27-15-7-5-13-25(27)34)28-16-9-11-20-22-18-30-23(19-31(22)38-33(20)28)32(36)21-10-3-8-17-29(21)37-30/h3-19H,1-2H3. The highest BCUT2D eigenvalue weighted by Crippen LogP contribution is 2.54. The Labute approximate surface area is 223 Å². The van der Waals surface area contributed by atoms with Crippen molar-refractivity contribution in [1.82, 2.24) is 0 Å². The summed E-state index contributed by atoms with van der Waals surface area (Å²) in [5, 5.41) is 3.52. The molecule has 182 valence electrons. The third-order valence-electron chi connectivity index (χ3n) is 8.05. The van der Waals surface area contributed by atoms with E-state index < -0.39 is 0 Å². The lowest BCUT2D eigenvalue weighted by atomic mass is 9.73. The molecule has 0 unspecified atom stereocenters. The maximum atomic E-state index is 13.3. The second-order valence-corrected chi connectivity index (χ2v) is 11.6. The maximum absolute atomic E-state index is 13.3. The van der Waals surface area contributed by atoms with E-state index in [9.17, 15) is 4.79 Å². The van der Waals surface area contributed by atoms with Crippen molar-refractivity contribution in [3.05, 3.63) is 124 Å². The Morgan fingerprint density at radius 2 is 1.26 bits per heavy atom. The van der Waals surface area contributed by atoms with E-state index in [2.05, 4.69) is 85.5 Å². The van der Waals surface area contributed by atoms with Gasteiger partial charge in [-0.1, -0.05) is 74.5 Å². The fourth-order valence-corrected chi connectivity index (χ4v) is 7.41. The summed E-state index contributed by atoms with van der Waals surface area (Å²) >= 11 is 1.74. The van der Waals surface area contributed by atoms with Crippen LogP contribution in [0.25, 0.3) is 42.1 Å². The predicted molar refractivity (Wildman–Crippen MR) is 160 cm³/mol. The van der Waals surface area contributed by atoms with Crippen LogP contribution in [0, 0.1) is 0 Å². The quantitative estimate of drug-likeness (QED) is 0.207. The van der Waals surface area contributed by atoms with E-state index in [0.717, 1.165) is 15.8 Å². The van der Waals surface area contributed by atoms with Gasteiger partial charge >= 0.3 is 0 Å². The van der Waals surface area contributed by atoms with Crippen molar-refractivity contribution >= 4 is 70.5 Å². The SMILES string of the molecule is CC1(C)c2ccccc2N(c2cccc3c2sc2cc4c(=O)c5ccccc5oc4cc23)c2ccccc21. The van der Waals surface area contributed by atoms with Gasteiger partial charge in [-0.25, -0.2) is 0 Å². The summed E-state index contributed by atoms with van der Waals surface area (Å²) in [6.45, 7) is 4.61. The van der Waals surface area contributed by atoms with Crippen molar-refractivity contribution in [3.63, 3.8) is 0 Å². The molecule has 4 heteroatoms. The first-order valence-corrected chi connectivity index (χ1v) is 13.6. The first-order valence-electron chi connectivity index (χ1n) is 12.8. The third kappa shape index (κ3) is 2.81. The van der Waals surface area contributed by atoms with Gasteiger partial charge < -0.3 is 9.32 Å². The minimum Gasteiger partial charge on any atom is -0.456 e. The molecule has 0 fully saturated rings. The number of hydrogen-bond acceptors (Lipinski definition) is 4. The second kappa shape index (κ2) is 7.56. The Hall–Kier alpha value is -4.41. The van der Waals surface area contributed by atoms with Gasteiger partial charge in [0.25, 0.3) is 0 Å². The maximum Gasteiger partial charge on any atom is 0.200 e. The lowest BCUT2D eigenvalue weighted by Crippen LogP contribution is -2.30. The Balaban J connectivity index is 1.45. The van der Waals surface area contributed by atoms with Crippen LogP contribution in [-0.2, 0) is 5.41 Å². The molecule has 2 aromatic heterocycles. The van der Waals surface area contributed by atoms with Crippen LogP contribution in [0.3, 0.4) is 0 Å². The molecule has 0 spiro atoms. The van der Waals surface area contributed by atoms with Crippen LogP contribution < -0.4 is 10.3 Å². The average Bonchev–Trinajstić information content (AvgIpc) is 3.31. The molecule has 0 atom stereocenters. The summed E-state index contributed by atoms with van der Waals surface area (Å²) in [7, 11) is 0. The molecule has 0 aliphatic carbocycles. The van der Waals surface area contributed by atoms with Gasteiger partial charge in [-0.3, -0.25) is 4.79 Å². The van der Waals surface area contributed by atoms with Crippen molar-refractivity contribution in [3.8, 4) is 0 Å². The monoisotopic (exact) mass is 509 g/mol. The molecule has 7 aromatic rings. The smallest absolute Gasteiger partial charge is 0.200 e. The van der Waals surface area contributed by atoms with Crippen LogP contribution in [0.5, 0.6) is 0 Å². The van der Waals surface area contributed by atoms with Gasteiger partial charge in [0.1, 0.15) is 11.2 Å². The number of para-hydroxylation sites is 3. The molecular formula is C34H23NO2S. The van der Waals surface area contributed by atoms with Gasteiger partial charge in [-0.05, 0) is 53.6 Å². The fourth-order valence-electron chi connectivity index (χ4n) is 6.18. The molecule has 0 bridgehead atoms. The van der Waals surface area contributed by atoms with E-state index in [4.69, 9.17) is 4.42 Å². The largest absolute Gasteiger partial charge is 0.456 e. The molecule has 3 nitrogen and oxygen atoms in total. The molecule has 38 heavy (non-hydrogen) atoms. The summed E-state index contributed by atoms with van der Waals surface area (Å²) in [4.78, 5) is 15.7. The number of hydrogen-bond donors (Lipinski definition) is 0. The first kappa shape index (κ1) is 21.7. The zero-order chi connectivity index (χ0) is 25.6. The van der Waals surface area contributed by atoms with Crippen molar-refractivity contribution in [2.75, 3.05) is 4.90 Å². The molecule has 0 saturated heterocycles. The Bertz CT molecular complexity index is 2100.